The predicted octanol–water partition coefficient (Wildman–Crippen LogP) is 1.56. The second kappa shape index (κ2) is 4.49. The van der Waals surface area contributed by atoms with Crippen molar-refractivity contribution in [2.75, 3.05) is 24.3 Å². The highest BCUT2D eigenvalue weighted by atomic mass is 16.5. The van der Waals surface area contributed by atoms with Crippen LogP contribution in [-0.2, 0) is 4.74 Å². The minimum atomic E-state index is 0.466. The summed E-state index contributed by atoms with van der Waals surface area (Å²) in [5.41, 5.74) is 7.63. The summed E-state index contributed by atoms with van der Waals surface area (Å²) in [6.07, 6.45) is 3.88. The first-order chi connectivity index (χ1) is 7.25. The minimum Gasteiger partial charge on any atom is -0.398 e. The Labute approximate surface area is 89.8 Å². The highest BCUT2D eigenvalue weighted by molar-refractivity contribution is 5.53. The van der Waals surface area contributed by atoms with Crippen LogP contribution in [0, 0.1) is 6.92 Å². The lowest BCUT2D eigenvalue weighted by atomic mass is 10.1. The molecule has 0 aromatic carbocycles. The van der Waals surface area contributed by atoms with Gasteiger partial charge in [0, 0.05) is 37.2 Å². The number of hydrogen-bond acceptors (Lipinski definition) is 4. The molecule has 1 aromatic rings. The van der Waals surface area contributed by atoms with Crippen molar-refractivity contribution >= 4 is 11.5 Å². The van der Waals surface area contributed by atoms with Crippen LogP contribution in [0.3, 0.4) is 0 Å². The SMILES string of the molecule is Cc1cnc(NC2CCOCC2)cc1N. The molecule has 0 amide bonds. The number of anilines is 2. The highest BCUT2D eigenvalue weighted by Crippen LogP contribution is 2.17. The summed E-state index contributed by atoms with van der Waals surface area (Å²) >= 11 is 0. The second-order valence-corrected chi connectivity index (χ2v) is 3.96. The molecule has 3 N–H and O–H groups in total. The van der Waals surface area contributed by atoms with Crippen LogP contribution in [0.15, 0.2) is 12.3 Å². The molecule has 82 valence electrons. The van der Waals surface area contributed by atoms with E-state index in [0.29, 0.717) is 6.04 Å². The predicted molar refractivity (Wildman–Crippen MR) is 60.9 cm³/mol. The first-order valence-electron chi connectivity index (χ1n) is 5.32. The number of aryl methyl sites for hydroxylation is 1. The summed E-state index contributed by atoms with van der Waals surface area (Å²) in [5, 5.41) is 3.38. The number of aromatic nitrogens is 1. The van der Waals surface area contributed by atoms with Gasteiger partial charge >= 0.3 is 0 Å². The average molecular weight is 207 g/mol. The molecular formula is C11H17N3O. The molecule has 1 aliphatic rings. The fraction of sp³-hybridized carbons (Fsp3) is 0.545. The number of nitrogens with zero attached hydrogens (tertiary/aromatic N) is 1. The van der Waals surface area contributed by atoms with Crippen LogP contribution in [0.2, 0.25) is 0 Å². The van der Waals surface area contributed by atoms with Gasteiger partial charge in [-0.1, -0.05) is 0 Å². The van der Waals surface area contributed by atoms with E-state index in [9.17, 15) is 0 Å². The number of hydrogen-bond donors (Lipinski definition) is 2. The Kier molecular flexibility index (Phi) is 3.06. The first kappa shape index (κ1) is 10.2. The Hall–Kier alpha value is -1.29. The number of nitrogen functional groups attached to an aromatic ring is 1. The second-order valence-electron chi connectivity index (χ2n) is 3.96. The summed E-state index contributed by atoms with van der Waals surface area (Å²) in [6, 6.07) is 2.36. The molecular weight excluding hydrogens is 190 g/mol. The lowest BCUT2D eigenvalue weighted by Gasteiger charge is -2.23. The molecule has 0 spiro atoms. The Morgan fingerprint density at radius 3 is 2.87 bits per heavy atom. The van der Waals surface area contributed by atoms with Crippen molar-refractivity contribution in [2.24, 2.45) is 0 Å². The smallest absolute Gasteiger partial charge is 0.128 e. The lowest BCUT2D eigenvalue weighted by Crippen LogP contribution is -2.28. The fourth-order valence-corrected chi connectivity index (χ4v) is 1.67. The van der Waals surface area contributed by atoms with Gasteiger partial charge in [0.05, 0.1) is 0 Å². The van der Waals surface area contributed by atoms with Gasteiger partial charge < -0.3 is 15.8 Å². The fourth-order valence-electron chi connectivity index (χ4n) is 1.67. The molecule has 15 heavy (non-hydrogen) atoms. The van der Waals surface area contributed by atoms with E-state index in [1.54, 1.807) is 6.20 Å². The van der Waals surface area contributed by atoms with Gasteiger partial charge in [-0.05, 0) is 25.3 Å². The van der Waals surface area contributed by atoms with Gasteiger partial charge in [-0.3, -0.25) is 0 Å². The van der Waals surface area contributed by atoms with Crippen molar-refractivity contribution in [2.45, 2.75) is 25.8 Å². The van der Waals surface area contributed by atoms with Crippen LogP contribution in [0.1, 0.15) is 18.4 Å². The van der Waals surface area contributed by atoms with E-state index >= 15 is 0 Å². The molecule has 0 bridgehead atoms. The molecule has 1 saturated heterocycles. The van der Waals surface area contributed by atoms with Gasteiger partial charge in [0.25, 0.3) is 0 Å². The van der Waals surface area contributed by atoms with Crippen LogP contribution < -0.4 is 11.1 Å². The van der Waals surface area contributed by atoms with Crippen molar-refractivity contribution in [3.05, 3.63) is 17.8 Å². The van der Waals surface area contributed by atoms with E-state index in [1.807, 2.05) is 13.0 Å². The third kappa shape index (κ3) is 2.59. The van der Waals surface area contributed by atoms with Gasteiger partial charge in [0.2, 0.25) is 0 Å². The maximum Gasteiger partial charge on any atom is 0.128 e. The molecule has 2 heterocycles. The molecule has 0 radical (unpaired) electrons. The number of rotatable bonds is 2. The molecule has 0 saturated carbocycles. The average Bonchev–Trinajstić information content (AvgIpc) is 2.25. The molecule has 1 fully saturated rings. The van der Waals surface area contributed by atoms with Crippen LogP contribution in [0.4, 0.5) is 11.5 Å². The number of pyridine rings is 1. The molecule has 1 aliphatic heterocycles. The third-order valence-corrected chi connectivity index (χ3v) is 2.72. The molecule has 0 aliphatic carbocycles. The first-order valence-corrected chi connectivity index (χ1v) is 5.32. The van der Waals surface area contributed by atoms with Gasteiger partial charge in [0.15, 0.2) is 0 Å². The monoisotopic (exact) mass is 207 g/mol. The van der Waals surface area contributed by atoms with E-state index in [-0.39, 0.29) is 0 Å². The van der Waals surface area contributed by atoms with E-state index in [4.69, 9.17) is 10.5 Å². The van der Waals surface area contributed by atoms with Crippen molar-refractivity contribution in [3.63, 3.8) is 0 Å². The Morgan fingerprint density at radius 1 is 1.47 bits per heavy atom. The summed E-state index contributed by atoms with van der Waals surface area (Å²) in [7, 11) is 0. The Balaban J connectivity index is 2.00. The van der Waals surface area contributed by atoms with Gasteiger partial charge in [-0.2, -0.15) is 0 Å². The molecule has 1 aromatic heterocycles. The zero-order valence-corrected chi connectivity index (χ0v) is 8.99. The van der Waals surface area contributed by atoms with Crippen molar-refractivity contribution in [1.82, 2.24) is 4.98 Å². The lowest BCUT2D eigenvalue weighted by molar-refractivity contribution is 0.0904. The minimum absolute atomic E-state index is 0.466. The van der Waals surface area contributed by atoms with Crippen molar-refractivity contribution < 1.29 is 4.74 Å². The standard InChI is InChI=1S/C11H17N3O/c1-8-7-13-11(6-10(8)12)14-9-2-4-15-5-3-9/h6-7,9H,2-5H2,1H3,(H3,12,13,14). The number of nitrogens with two attached hydrogens (primary N) is 1. The van der Waals surface area contributed by atoms with Crippen LogP contribution >= 0.6 is 0 Å². The van der Waals surface area contributed by atoms with Crippen LogP contribution in [0.5, 0.6) is 0 Å². The van der Waals surface area contributed by atoms with Gasteiger partial charge in [-0.15, -0.1) is 0 Å². The highest BCUT2D eigenvalue weighted by Gasteiger charge is 2.13. The summed E-state index contributed by atoms with van der Waals surface area (Å²) in [5.74, 6) is 0.866. The van der Waals surface area contributed by atoms with E-state index in [1.165, 1.54) is 0 Å². The Bertz CT molecular complexity index is 335. The quantitative estimate of drug-likeness (QED) is 0.772. The van der Waals surface area contributed by atoms with Gasteiger partial charge in [-0.25, -0.2) is 4.98 Å². The summed E-state index contributed by atoms with van der Waals surface area (Å²) in [6.45, 7) is 3.62. The summed E-state index contributed by atoms with van der Waals surface area (Å²) < 4.78 is 5.30. The molecule has 0 atom stereocenters. The normalized spacial score (nSPS) is 17.7. The largest absolute Gasteiger partial charge is 0.398 e. The number of nitrogens with one attached hydrogen (secondary N) is 1. The molecule has 0 unspecified atom stereocenters. The molecule has 4 heteroatoms. The van der Waals surface area contributed by atoms with E-state index in [0.717, 1.165) is 43.1 Å². The number of ether oxygens (including phenoxy) is 1. The van der Waals surface area contributed by atoms with E-state index in [2.05, 4.69) is 10.3 Å². The maximum absolute atomic E-state index is 5.82. The zero-order valence-electron chi connectivity index (χ0n) is 8.99. The third-order valence-electron chi connectivity index (χ3n) is 2.72. The summed E-state index contributed by atoms with van der Waals surface area (Å²) in [4.78, 5) is 4.30. The van der Waals surface area contributed by atoms with Crippen LogP contribution in [0.25, 0.3) is 0 Å². The molecule has 2 rings (SSSR count). The van der Waals surface area contributed by atoms with Crippen molar-refractivity contribution in [3.8, 4) is 0 Å². The topological polar surface area (TPSA) is 60.2 Å². The Morgan fingerprint density at radius 2 is 2.20 bits per heavy atom. The van der Waals surface area contributed by atoms with Gasteiger partial charge in [0.1, 0.15) is 5.82 Å². The zero-order chi connectivity index (χ0) is 10.7. The van der Waals surface area contributed by atoms with E-state index < -0.39 is 0 Å². The van der Waals surface area contributed by atoms with Crippen LogP contribution in [-0.4, -0.2) is 24.2 Å². The molecule has 4 nitrogen and oxygen atoms in total. The maximum atomic E-state index is 5.82. The van der Waals surface area contributed by atoms with Crippen molar-refractivity contribution in [1.29, 1.82) is 0 Å².